The summed E-state index contributed by atoms with van der Waals surface area (Å²) in [6, 6.07) is 9.10. The van der Waals surface area contributed by atoms with Crippen LogP contribution in [-0.4, -0.2) is 12.4 Å². The number of hydrogen-bond donors (Lipinski definition) is 0. The van der Waals surface area contributed by atoms with Crippen LogP contribution in [0.4, 0.5) is 0 Å². The Morgan fingerprint density at radius 3 is 2.69 bits per heavy atom. The van der Waals surface area contributed by atoms with Gasteiger partial charge in [0.1, 0.15) is 0 Å². The molecule has 0 aromatic heterocycles. The topological polar surface area (TPSA) is 26.3 Å². The van der Waals surface area contributed by atoms with E-state index in [1.165, 1.54) is 12.3 Å². The fraction of sp³-hybridized carbons (Fsp3) is 0.182. The van der Waals surface area contributed by atoms with E-state index < -0.39 is 0 Å². The highest BCUT2D eigenvalue weighted by atomic mass is 16.5. The minimum atomic E-state index is -0.0333. The third-order valence-electron chi connectivity index (χ3n) is 1.54. The Bertz CT molecular complexity index is 288. The molecule has 0 unspecified atom stereocenters. The van der Waals surface area contributed by atoms with Gasteiger partial charge in [-0.1, -0.05) is 30.3 Å². The molecule has 0 amide bonds. The van der Waals surface area contributed by atoms with Crippen molar-refractivity contribution in [3.63, 3.8) is 0 Å². The maximum Gasteiger partial charge on any atom is 0.188 e. The van der Waals surface area contributed by atoms with Crippen molar-refractivity contribution in [2.45, 2.75) is 6.92 Å². The summed E-state index contributed by atoms with van der Waals surface area (Å²) in [5, 5.41) is 0. The van der Waals surface area contributed by atoms with Crippen LogP contribution in [0.1, 0.15) is 17.3 Å². The van der Waals surface area contributed by atoms with E-state index in [4.69, 9.17) is 4.74 Å². The normalized spacial score (nSPS) is 10.2. The van der Waals surface area contributed by atoms with Crippen molar-refractivity contribution in [3.05, 3.63) is 48.2 Å². The monoisotopic (exact) mass is 176 g/mol. The zero-order chi connectivity index (χ0) is 9.52. The predicted molar refractivity (Wildman–Crippen MR) is 51.5 cm³/mol. The van der Waals surface area contributed by atoms with E-state index in [2.05, 4.69) is 0 Å². The average molecular weight is 176 g/mol. The van der Waals surface area contributed by atoms with E-state index in [0.29, 0.717) is 12.2 Å². The van der Waals surface area contributed by atoms with Crippen LogP contribution in [0.5, 0.6) is 0 Å². The molecule has 0 saturated carbocycles. The van der Waals surface area contributed by atoms with E-state index in [0.717, 1.165) is 0 Å². The summed E-state index contributed by atoms with van der Waals surface area (Å²) in [5.74, 6) is -0.0333. The Labute approximate surface area is 77.8 Å². The molecule has 0 aliphatic heterocycles. The quantitative estimate of drug-likeness (QED) is 0.400. The predicted octanol–water partition coefficient (Wildman–Crippen LogP) is 2.42. The molecule has 2 nitrogen and oxygen atoms in total. The summed E-state index contributed by atoms with van der Waals surface area (Å²) in [4.78, 5) is 11.4. The van der Waals surface area contributed by atoms with Crippen LogP contribution < -0.4 is 0 Å². The Kier molecular flexibility index (Phi) is 3.76. The first-order chi connectivity index (χ1) is 6.34. The second kappa shape index (κ2) is 5.14. The summed E-state index contributed by atoms with van der Waals surface area (Å²) >= 11 is 0. The molecule has 0 spiro atoms. The molecule has 0 radical (unpaired) electrons. The van der Waals surface area contributed by atoms with Gasteiger partial charge < -0.3 is 4.74 Å². The molecule has 0 atom stereocenters. The molecule has 0 bridgehead atoms. The second-order valence-corrected chi connectivity index (χ2v) is 2.49. The van der Waals surface area contributed by atoms with Crippen LogP contribution in [0, 0.1) is 0 Å². The molecule has 0 heterocycles. The highest BCUT2D eigenvalue weighted by Crippen LogP contribution is 2.00. The van der Waals surface area contributed by atoms with Gasteiger partial charge in [0.05, 0.1) is 12.9 Å². The van der Waals surface area contributed by atoms with Crippen molar-refractivity contribution < 1.29 is 9.53 Å². The molecule has 0 aliphatic carbocycles. The van der Waals surface area contributed by atoms with Crippen molar-refractivity contribution in [2.24, 2.45) is 0 Å². The van der Waals surface area contributed by atoms with E-state index in [-0.39, 0.29) is 5.78 Å². The molecule has 68 valence electrons. The summed E-state index contributed by atoms with van der Waals surface area (Å²) in [7, 11) is 0. The second-order valence-electron chi connectivity index (χ2n) is 2.49. The van der Waals surface area contributed by atoms with E-state index >= 15 is 0 Å². The average Bonchev–Trinajstić information content (AvgIpc) is 2.19. The Morgan fingerprint density at radius 2 is 2.08 bits per heavy atom. The number of allylic oxidation sites excluding steroid dienone is 1. The van der Waals surface area contributed by atoms with Crippen LogP contribution in [0.25, 0.3) is 0 Å². The molecule has 1 aromatic rings. The van der Waals surface area contributed by atoms with E-state index in [9.17, 15) is 4.79 Å². The first kappa shape index (κ1) is 9.52. The summed E-state index contributed by atoms with van der Waals surface area (Å²) in [6.07, 6.45) is 2.86. The van der Waals surface area contributed by atoms with Gasteiger partial charge in [0, 0.05) is 11.6 Å². The summed E-state index contributed by atoms with van der Waals surface area (Å²) in [6.45, 7) is 2.45. The number of benzene rings is 1. The van der Waals surface area contributed by atoms with E-state index in [1.807, 2.05) is 25.1 Å². The van der Waals surface area contributed by atoms with Crippen LogP contribution in [-0.2, 0) is 4.74 Å². The Morgan fingerprint density at radius 1 is 1.38 bits per heavy atom. The third kappa shape index (κ3) is 3.11. The number of hydrogen-bond acceptors (Lipinski definition) is 2. The molecule has 1 rings (SSSR count). The van der Waals surface area contributed by atoms with Gasteiger partial charge in [-0.25, -0.2) is 0 Å². The van der Waals surface area contributed by atoms with Gasteiger partial charge in [-0.3, -0.25) is 4.79 Å². The van der Waals surface area contributed by atoms with Crippen molar-refractivity contribution in [1.29, 1.82) is 0 Å². The zero-order valence-electron chi connectivity index (χ0n) is 7.57. The molecule has 0 saturated heterocycles. The summed E-state index contributed by atoms with van der Waals surface area (Å²) in [5.41, 5.74) is 0.679. The van der Waals surface area contributed by atoms with Crippen molar-refractivity contribution >= 4 is 5.78 Å². The molecule has 13 heavy (non-hydrogen) atoms. The molecule has 0 aliphatic rings. The lowest BCUT2D eigenvalue weighted by Crippen LogP contribution is -1.93. The van der Waals surface area contributed by atoms with Crippen LogP contribution in [0.15, 0.2) is 42.7 Å². The molecule has 2 heteroatoms. The lowest BCUT2D eigenvalue weighted by molar-refractivity contribution is 0.104. The highest BCUT2D eigenvalue weighted by molar-refractivity contribution is 6.04. The fourth-order valence-electron chi connectivity index (χ4n) is 0.905. The number of carbonyl (C=O) groups is 1. The maximum atomic E-state index is 11.4. The van der Waals surface area contributed by atoms with Gasteiger partial charge >= 0.3 is 0 Å². The number of rotatable bonds is 4. The number of carbonyl (C=O) groups excluding carboxylic acids is 1. The van der Waals surface area contributed by atoms with Gasteiger partial charge in [0.15, 0.2) is 5.78 Å². The van der Waals surface area contributed by atoms with Crippen LogP contribution in [0.2, 0.25) is 0 Å². The van der Waals surface area contributed by atoms with Crippen molar-refractivity contribution in [1.82, 2.24) is 0 Å². The molecule has 1 aromatic carbocycles. The van der Waals surface area contributed by atoms with E-state index in [1.54, 1.807) is 12.1 Å². The fourth-order valence-corrected chi connectivity index (χ4v) is 0.905. The van der Waals surface area contributed by atoms with Crippen molar-refractivity contribution in [3.8, 4) is 0 Å². The standard InChI is InChI=1S/C11H12O2/c1-2-13-9-8-11(12)10-6-4-3-5-7-10/h3-9H,2H2,1H3/b9-8-. The lowest BCUT2D eigenvalue weighted by Gasteiger charge is -1.94. The number of ketones is 1. The zero-order valence-corrected chi connectivity index (χ0v) is 7.57. The molecular formula is C11H12O2. The largest absolute Gasteiger partial charge is 0.501 e. The first-order valence-corrected chi connectivity index (χ1v) is 4.22. The smallest absolute Gasteiger partial charge is 0.188 e. The molecule has 0 N–H and O–H groups in total. The Balaban J connectivity index is 2.59. The third-order valence-corrected chi connectivity index (χ3v) is 1.54. The maximum absolute atomic E-state index is 11.4. The van der Waals surface area contributed by atoms with Crippen LogP contribution in [0.3, 0.4) is 0 Å². The van der Waals surface area contributed by atoms with Gasteiger partial charge in [-0.05, 0) is 6.92 Å². The van der Waals surface area contributed by atoms with Crippen LogP contribution >= 0.6 is 0 Å². The van der Waals surface area contributed by atoms with Crippen molar-refractivity contribution in [2.75, 3.05) is 6.61 Å². The lowest BCUT2D eigenvalue weighted by atomic mass is 10.1. The molecular weight excluding hydrogens is 164 g/mol. The first-order valence-electron chi connectivity index (χ1n) is 4.22. The van der Waals surface area contributed by atoms with Gasteiger partial charge in [-0.15, -0.1) is 0 Å². The van der Waals surface area contributed by atoms with Gasteiger partial charge in [0.2, 0.25) is 0 Å². The van der Waals surface area contributed by atoms with Gasteiger partial charge in [0.25, 0.3) is 0 Å². The Hall–Kier alpha value is -1.57. The SMILES string of the molecule is CCO/C=C\C(=O)c1ccccc1. The minimum absolute atomic E-state index is 0.0333. The molecule has 0 fully saturated rings. The minimum Gasteiger partial charge on any atom is -0.501 e. The number of ether oxygens (including phenoxy) is 1. The highest BCUT2D eigenvalue weighted by Gasteiger charge is 1.98. The summed E-state index contributed by atoms with van der Waals surface area (Å²) < 4.78 is 4.92. The van der Waals surface area contributed by atoms with Gasteiger partial charge in [-0.2, -0.15) is 0 Å².